The Morgan fingerprint density at radius 3 is 2.57 bits per heavy atom. The molecule has 3 amide bonds. The monoisotopic (exact) mass is 467 g/mol. The molecule has 0 spiro atoms. The predicted molar refractivity (Wildman–Crippen MR) is 109 cm³/mol. The number of carbonyl (C=O) groups excluding carboxylic acids is 3. The first-order chi connectivity index (χ1) is 13.4. The second-order valence-electron chi connectivity index (χ2n) is 5.74. The molecule has 0 fully saturated rings. The highest BCUT2D eigenvalue weighted by molar-refractivity contribution is 9.10. The van der Waals surface area contributed by atoms with Crippen molar-refractivity contribution in [2.45, 2.75) is 19.4 Å². The van der Waals surface area contributed by atoms with Crippen molar-refractivity contribution in [1.82, 2.24) is 16.2 Å². The molecule has 3 N–H and O–H groups in total. The van der Waals surface area contributed by atoms with Crippen molar-refractivity contribution in [3.05, 3.63) is 63.6 Å². The zero-order chi connectivity index (χ0) is 20.5. The van der Waals surface area contributed by atoms with Crippen molar-refractivity contribution in [1.29, 1.82) is 0 Å². The molecule has 1 atom stereocenters. The van der Waals surface area contributed by atoms with E-state index in [1.165, 1.54) is 0 Å². The van der Waals surface area contributed by atoms with Crippen LogP contribution in [0, 0.1) is 0 Å². The zero-order valence-electron chi connectivity index (χ0n) is 15.0. The molecule has 28 heavy (non-hydrogen) atoms. The standard InChI is InChI=1S/C19H19BrClN3O4/c1-12(28-14-6-4-5-13(20)11-14)18(26)24-23-17(25)9-10-22-19(27)15-7-2-3-8-16(15)21/h2-8,11-12H,9-10H2,1H3,(H,22,27)(H,23,25)(H,24,26)/t12-/m1/s1. The molecule has 0 aliphatic rings. The third-order valence-electron chi connectivity index (χ3n) is 3.56. The van der Waals surface area contributed by atoms with Gasteiger partial charge in [0.2, 0.25) is 5.91 Å². The van der Waals surface area contributed by atoms with E-state index >= 15 is 0 Å². The van der Waals surface area contributed by atoms with Crippen LogP contribution >= 0.6 is 27.5 Å². The second kappa shape index (κ2) is 10.7. The molecule has 0 saturated carbocycles. The third-order valence-corrected chi connectivity index (χ3v) is 4.38. The summed E-state index contributed by atoms with van der Waals surface area (Å²) in [5, 5.41) is 2.92. The molecule has 0 bridgehead atoms. The van der Waals surface area contributed by atoms with Crippen LogP contribution < -0.4 is 20.9 Å². The fourth-order valence-electron chi connectivity index (χ4n) is 2.12. The van der Waals surface area contributed by atoms with Crippen molar-refractivity contribution in [3.8, 4) is 5.75 Å². The Balaban J connectivity index is 1.69. The van der Waals surface area contributed by atoms with Gasteiger partial charge in [0.15, 0.2) is 6.10 Å². The van der Waals surface area contributed by atoms with E-state index in [1.807, 2.05) is 6.07 Å². The molecule has 0 aromatic heterocycles. The highest BCUT2D eigenvalue weighted by Crippen LogP contribution is 2.18. The van der Waals surface area contributed by atoms with Crippen LogP contribution in [0.1, 0.15) is 23.7 Å². The SMILES string of the molecule is C[C@@H](Oc1cccc(Br)c1)C(=O)NNC(=O)CCNC(=O)c1ccccc1Cl. The quantitative estimate of drug-likeness (QED) is 0.545. The molecular weight excluding hydrogens is 450 g/mol. The first-order valence-corrected chi connectivity index (χ1v) is 9.57. The predicted octanol–water partition coefficient (Wildman–Crippen LogP) is 2.84. The van der Waals surface area contributed by atoms with Crippen LogP contribution in [0.15, 0.2) is 53.0 Å². The summed E-state index contributed by atoms with van der Waals surface area (Å²) in [4.78, 5) is 35.8. The van der Waals surface area contributed by atoms with Gasteiger partial charge in [-0.05, 0) is 37.3 Å². The molecule has 0 aliphatic heterocycles. The number of hydrogen-bond donors (Lipinski definition) is 3. The highest BCUT2D eigenvalue weighted by Gasteiger charge is 2.16. The number of hydrogen-bond acceptors (Lipinski definition) is 4. The second-order valence-corrected chi connectivity index (χ2v) is 7.06. The third kappa shape index (κ3) is 6.86. The average molecular weight is 469 g/mol. The summed E-state index contributed by atoms with van der Waals surface area (Å²) in [6.07, 6.45) is -0.827. The number of carbonyl (C=O) groups is 3. The van der Waals surface area contributed by atoms with Crippen molar-refractivity contribution >= 4 is 45.3 Å². The minimum atomic E-state index is -0.811. The van der Waals surface area contributed by atoms with E-state index in [4.69, 9.17) is 16.3 Å². The number of ether oxygens (including phenoxy) is 1. The van der Waals surface area contributed by atoms with Crippen LogP contribution in [0.5, 0.6) is 5.75 Å². The number of nitrogens with one attached hydrogen (secondary N) is 3. The van der Waals surface area contributed by atoms with Crippen molar-refractivity contribution in [3.63, 3.8) is 0 Å². The average Bonchev–Trinajstić information content (AvgIpc) is 2.66. The molecule has 9 heteroatoms. The van der Waals surface area contributed by atoms with Crippen LogP contribution in [0.3, 0.4) is 0 Å². The summed E-state index contributed by atoms with van der Waals surface area (Å²) in [6, 6.07) is 13.7. The van der Waals surface area contributed by atoms with Gasteiger partial charge in [-0.1, -0.05) is 45.7 Å². The van der Waals surface area contributed by atoms with Gasteiger partial charge in [0.05, 0.1) is 10.6 Å². The molecule has 7 nitrogen and oxygen atoms in total. The molecule has 0 heterocycles. The lowest BCUT2D eigenvalue weighted by atomic mass is 10.2. The minimum absolute atomic E-state index is 0.0165. The molecule has 2 rings (SSSR count). The Hall–Kier alpha value is -2.58. The lowest BCUT2D eigenvalue weighted by Gasteiger charge is -2.15. The van der Waals surface area contributed by atoms with E-state index in [2.05, 4.69) is 32.1 Å². The largest absolute Gasteiger partial charge is 0.481 e. The maximum absolute atomic E-state index is 12.0. The zero-order valence-corrected chi connectivity index (χ0v) is 17.3. The van der Waals surface area contributed by atoms with Crippen molar-refractivity contribution < 1.29 is 19.1 Å². The molecule has 2 aromatic carbocycles. The number of halogens is 2. The van der Waals surface area contributed by atoms with Gasteiger partial charge in [-0.2, -0.15) is 0 Å². The van der Waals surface area contributed by atoms with E-state index in [-0.39, 0.29) is 18.9 Å². The maximum Gasteiger partial charge on any atom is 0.279 e. The maximum atomic E-state index is 12.0. The van der Waals surface area contributed by atoms with Crippen molar-refractivity contribution in [2.75, 3.05) is 6.54 Å². The van der Waals surface area contributed by atoms with Crippen LogP contribution in [0.2, 0.25) is 5.02 Å². The van der Waals surface area contributed by atoms with Crippen LogP contribution in [-0.4, -0.2) is 30.4 Å². The van der Waals surface area contributed by atoms with Crippen LogP contribution in [-0.2, 0) is 9.59 Å². The molecule has 0 radical (unpaired) electrons. The Labute approximate surface area is 175 Å². The van der Waals surface area contributed by atoms with E-state index in [9.17, 15) is 14.4 Å². The summed E-state index contributed by atoms with van der Waals surface area (Å²) >= 11 is 9.26. The van der Waals surface area contributed by atoms with Crippen molar-refractivity contribution in [2.24, 2.45) is 0 Å². The summed E-state index contributed by atoms with van der Waals surface area (Å²) in [5.41, 5.74) is 4.90. The van der Waals surface area contributed by atoms with Gasteiger partial charge >= 0.3 is 0 Å². The van der Waals surface area contributed by atoms with Gasteiger partial charge in [-0.25, -0.2) is 0 Å². The molecule has 0 saturated heterocycles. The first kappa shape index (κ1) is 21.7. The van der Waals surface area contributed by atoms with Gasteiger partial charge < -0.3 is 10.1 Å². The summed E-state index contributed by atoms with van der Waals surface area (Å²) in [5.74, 6) is -0.819. The Morgan fingerprint density at radius 2 is 1.86 bits per heavy atom. The van der Waals surface area contributed by atoms with E-state index in [0.717, 1.165) is 4.47 Å². The Morgan fingerprint density at radius 1 is 1.11 bits per heavy atom. The number of benzene rings is 2. The fourth-order valence-corrected chi connectivity index (χ4v) is 2.72. The number of amides is 3. The Kier molecular flexibility index (Phi) is 8.28. The normalized spacial score (nSPS) is 11.2. The number of hydrazine groups is 1. The van der Waals surface area contributed by atoms with Crippen LogP contribution in [0.4, 0.5) is 0 Å². The summed E-state index contributed by atoms with van der Waals surface area (Å²) in [7, 11) is 0. The van der Waals surface area contributed by atoms with Gasteiger partial charge in [0, 0.05) is 17.4 Å². The summed E-state index contributed by atoms with van der Waals surface area (Å²) < 4.78 is 6.32. The molecule has 2 aromatic rings. The van der Waals surface area contributed by atoms with E-state index < -0.39 is 17.9 Å². The van der Waals surface area contributed by atoms with Gasteiger partial charge in [-0.3, -0.25) is 25.2 Å². The lowest BCUT2D eigenvalue weighted by molar-refractivity contribution is -0.132. The molecule has 148 valence electrons. The number of rotatable bonds is 7. The molecule has 0 unspecified atom stereocenters. The van der Waals surface area contributed by atoms with E-state index in [1.54, 1.807) is 49.4 Å². The molecule has 0 aliphatic carbocycles. The summed E-state index contributed by atoms with van der Waals surface area (Å²) in [6.45, 7) is 1.65. The van der Waals surface area contributed by atoms with Gasteiger partial charge in [0.25, 0.3) is 11.8 Å². The molecular formula is C19H19BrClN3O4. The Bertz CT molecular complexity index is 863. The first-order valence-electron chi connectivity index (χ1n) is 8.40. The lowest BCUT2D eigenvalue weighted by Crippen LogP contribution is -2.47. The highest BCUT2D eigenvalue weighted by atomic mass is 79.9. The van der Waals surface area contributed by atoms with Crippen LogP contribution in [0.25, 0.3) is 0 Å². The fraction of sp³-hybridized carbons (Fsp3) is 0.211. The minimum Gasteiger partial charge on any atom is -0.481 e. The van der Waals surface area contributed by atoms with Gasteiger partial charge in [-0.15, -0.1) is 0 Å². The van der Waals surface area contributed by atoms with Gasteiger partial charge in [0.1, 0.15) is 5.75 Å². The smallest absolute Gasteiger partial charge is 0.279 e. The topological polar surface area (TPSA) is 96.5 Å². The van der Waals surface area contributed by atoms with E-state index in [0.29, 0.717) is 16.3 Å².